The van der Waals surface area contributed by atoms with Crippen molar-refractivity contribution >= 4 is 17.8 Å². The molecule has 0 radical (unpaired) electrons. The van der Waals surface area contributed by atoms with Gasteiger partial charge in [0.1, 0.15) is 6.07 Å². The van der Waals surface area contributed by atoms with Crippen LogP contribution >= 0.6 is 0 Å². The van der Waals surface area contributed by atoms with E-state index >= 15 is 0 Å². The van der Waals surface area contributed by atoms with Gasteiger partial charge in [-0.25, -0.2) is 9.97 Å². The van der Waals surface area contributed by atoms with E-state index in [4.69, 9.17) is 5.26 Å². The van der Waals surface area contributed by atoms with Crippen molar-refractivity contribution in [2.45, 2.75) is 13.0 Å². The molecule has 2 heterocycles. The van der Waals surface area contributed by atoms with Gasteiger partial charge in [-0.05, 0) is 30.7 Å². The lowest BCUT2D eigenvalue weighted by molar-refractivity contribution is -0.128. The van der Waals surface area contributed by atoms with Crippen LogP contribution in [0.2, 0.25) is 0 Å². The lowest BCUT2D eigenvalue weighted by Crippen LogP contribution is -2.54. The lowest BCUT2D eigenvalue weighted by atomic mass is 10.1. The van der Waals surface area contributed by atoms with Crippen molar-refractivity contribution in [1.82, 2.24) is 14.9 Å². The maximum Gasteiger partial charge on any atom is 0.246 e. The van der Waals surface area contributed by atoms with E-state index in [2.05, 4.69) is 22.1 Å². The molecule has 0 bridgehead atoms. The van der Waals surface area contributed by atoms with Crippen LogP contribution in [0.1, 0.15) is 23.7 Å². The summed E-state index contributed by atoms with van der Waals surface area (Å²) in [5.41, 5.74) is 1.66. The zero-order valence-electron chi connectivity index (χ0n) is 14.9. The largest absolute Gasteiger partial charge is 0.350 e. The molecule has 0 unspecified atom stereocenters. The second kappa shape index (κ2) is 8.11. The highest BCUT2D eigenvalue weighted by Gasteiger charge is 2.28. The minimum Gasteiger partial charge on any atom is -0.350 e. The third kappa shape index (κ3) is 4.10. The maximum atomic E-state index is 12.6. The van der Waals surface area contributed by atoms with Crippen LogP contribution in [-0.4, -0.2) is 46.5 Å². The second-order valence-corrected chi connectivity index (χ2v) is 6.24. The van der Waals surface area contributed by atoms with Gasteiger partial charge in [-0.3, -0.25) is 4.79 Å². The molecule has 1 amide bonds. The molecule has 0 spiro atoms. The molecular formula is C20H18N6O. The van der Waals surface area contributed by atoms with E-state index in [0.717, 1.165) is 5.56 Å². The third-order valence-electron chi connectivity index (χ3n) is 4.43. The number of hydrogen-bond acceptors (Lipinski definition) is 6. The van der Waals surface area contributed by atoms with E-state index < -0.39 is 0 Å². The number of nitriles is 2. The van der Waals surface area contributed by atoms with Crippen molar-refractivity contribution in [3.63, 3.8) is 0 Å². The molecule has 7 nitrogen and oxygen atoms in total. The molecule has 27 heavy (non-hydrogen) atoms. The van der Waals surface area contributed by atoms with E-state index in [9.17, 15) is 10.1 Å². The molecule has 134 valence electrons. The fourth-order valence-corrected chi connectivity index (χ4v) is 3.09. The molecule has 1 aliphatic rings. The third-order valence-corrected chi connectivity index (χ3v) is 4.43. The van der Waals surface area contributed by atoms with Crippen LogP contribution in [0.5, 0.6) is 0 Å². The first-order chi connectivity index (χ1) is 13.1. The lowest BCUT2D eigenvalue weighted by Gasteiger charge is -2.40. The topological polar surface area (TPSA) is 96.9 Å². The number of carbonyl (C=O) groups is 1. The Hall–Kier alpha value is -3.71. The van der Waals surface area contributed by atoms with Crippen molar-refractivity contribution < 1.29 is 4.79 Å². The van der Waals surface area contributed by atoms with Gasteiger partial charge in [0.05, 0.1) is 11.6 Å². The predicted molar refractivity (Wildman–Crippen MR) is 100 cm³/mol. The normalized spacial score (nSPS) is 16.8. The molecule has 1 aliphatic heterocycles. The summed E-state index contributed by atoms with van der Waals surface area (Å²) in [5, 5.41) is 18.1. The zero-order valence-corrected chi connectivity index (χ0v) is 14.9. The van der Waals surface area contributed by atoms with Gasteiger partial charge in [0.2, 0.25) is 5.91 Å². The number of carbonyl (C=O) groups excluding carboxylic acids is 1. The molecule has 2 aromatic rings. The van der Waals surface area contributed by atoms with Crippen molar-refractivity contribution in [2.24, 2.45) is 0 Å². The SMILES string of the molecule is C[C@@H]1CN(c2nccnc2C#N)CCN1C(=O)C=Cc1cccc(C#N)c1. The number of anilines is 1. The van der Waals surface area contributed by atoms with Crippen LogP contribution in [0.15, 0.2) is 42.7 Å². The van der Waals surface area contributed by atoms with Crippen molar-refractivity contribution in [3.8, 4) is 12.1 Å². The van der Waals surface area contributed by atoms with E-state index in [1.807, 2.05) is 17.9 Å². The quantitative estimate of drug-likeness (QED) is 0.778. The van der Waals surface area contributed by atoms with Gasteiger partial charge < -0.3 is 9.80 Å². The Morgan fingerprint density at radius 1 is 1.22 bits per heavy atom. The first-order valence-corrected chi connectivity index (χ1v) is 8.57. The Morgan fingerprint density at radius 2 is 2.04 bits per heavy atom. The average molecular weight is 358 g/mol. The molecule has 3 rings (SSSR count). The van der Waals surface area contributed by atoms with Crippen molar-refractivity contribution in [2.75, 3.05) is 24.5 Å². The number of aromatic nitrogens is 2. The summed E-state index contributed by atoms with van der Waals surface area (Å²) in [5.74, 6) is 0.479. The van der Waals surface area contributed by atoms with Crippen LogP contribution < -0.4 is 4.90 Å². The molecule has 1 aromatic carbocycles. The van der Waals surface area contributed by atoms with E-state index in [1.54, 1.807) is 35.4 Å². The predicted octanol–water partition coefficient (Wildman–Crippen LogP) is 1.97. The Kier molecular flexibility index (Phi) is 5.44. The van der Waals surface area contributed by atoms with Gasteiger partial charge in [0.25, 0.3) is 0 Å². The van der Waals surface area contributed by atoms with Gasteiger partial charge >= 0.3 is 0 Å². The summed E-state index contributed by atoms with van der Waals surface area (Å²) in [6.45, 7) is 3.67. The minimum absolute atomic E-state index is 0.0325. The summed E-state index contributed by atoms with van der Waals surface area (Å²) in [6.07, 6.45) is 6.32. The summed E-state index contributed by atoms with van der Waals surface area (Å²) in [7, 11) is 0. The Bertz CT molecular complexity index is 955. The monoisotopic (exact) mass is 358 g/mol. The number of hydrogen-bond donors (Lipinski definition) is 0. The fourth-order valence-electron chi connectivity index (χ4n) is 3.09. The molecule has 1 atom stereocenters. The molecule has 0 aliphatic carbocycles. The molecular weight excluding hydrogens is 340 g/mol. The molecule has 7 heteroatoms. The molecule has 1 fully saturated rings. The van der Waals surface area contributed by atoms with Crippen LogP contribution in [0, 0.1) is 22.7 Å². The van der Waals surface area contributed by atoms with Crippen LogP contribution in [0.3, 0.4) is 0 Å². The Labute approximate surface area is 157 Å². The number of rotatable bonds is 3. The van der Waals surface area contributed by atoms with Gasteiger partial charge in [0.15, 0.2) is 11.5 Å². The molecule has 1 saturated heterocycles. The zero-order chi connectivity index (χ0) is 19.2. The molecule has 0 N–H and O–H groups in total. The van der Waals surface area contributed by atoms with Crippen LogP contribution in [0.25, 0.3) is 6.08 Å². The highest BCUT2D eigenvalue weighted by atomic mass is 16.2. The first-order valence-electron chi connectivity index (χ1n) is 8.57. The number of benzene rings is 1. The van der Waals surface area contributed by atoms with E-state index in [-0.39, 0.29) is 11.9 Å². The minimum atomic E-state index is -0.0795. The van der Waals surface area contributed by atoms with E-state index in [1.165, 1.54) is 12.3 Å². The van der Waals surface area contributed by atoms with Crippen LogP contribution in [-0.2, 0) is 4.79 Å². The second-order valence-electron chi connectivity index (χ2n) is 6.24. The van der Waals surface area contributed by atoms with Crippen molar-refractivity contribution in [1.29, 1.82) is 10.5 Å². The smallest absolute Gasteiger partial charge is 0.246 e. The summed E-state index contributed by atoms with van der Waals surface area (Å²) >= 11 is 0. The summed E-state index contributed by atoms with van der Waals surface area (Å²) in [4.78, 5) is 24.7. The Morgan fingerprint density at radius 3 is 2.78 bits per heavy atom. The van der Waals surface area contributed by atoms with Gasteiger partial charge in [-0.1, -0.05) is 12.1 Å². The van der Waals surface area contributed by atoms with Gasteiger partial charge in [-0.15, -0.1) is 0 Å². The highest BCUT2D eigenvalue weighted by Crippen LogP contribution is 2.19. The van der Waals surface area contributed by atoms with Crippen molar-refractivity contribution in [3.05, 3.63) is 59.6 Å². The highest BCUT2D eigenvalue weighted by molar-refractivity contribution is 5.92. The summed E-state index contributed by atoms with van der Waals surface area (Å²) < 4.78 is 0. The Balaban J connectivity index is 1.67. The number of piperazine rings is 1. The van der Waals surface area contributed by atoms with Gasteiger partial charge in [-0.2, -0.15) is 10.5 Å². The molecule has 0 saturated carbocycles. The number of amides is 1. The van der Waals surface area contributed by atoms with E-state index in [0.29, 0.717) is 36.7 Å². The fraction of sp³-hybridized carbons (Fsp3) is 0.250. The number of nitrogens with zero attached hydrogens (tertiary/aromatic N) is 6. The summed E-state index contributed by atoms with van der Waals surface area (Å²) in [6, 6.07) is 11.2. The molecule has 1 aromatic heterocycles. The standard InChI is InChI=1S/C20H18N6O/c1-15-14-25(20-18(13-22)23-7-8-24-20)9-10-26(15)19(27)6-5-16-3-2-4-17(11-16)12-21/h2-8,11,15H,9-10,14H2,1H3/t15-/m1/s1. The first kappa shape index (κ1) is 18.1. The average Bonchev–Trinajstić information content (AvgIpc) is 2.72. The maximum absolute atomic E-state index is 12.6. The van der Waals surface area contributed by atoms with Crippen LogP contribution in [0.4, 0.5) is 5.82 Å². The van der Waals surface area contributed by atoms with Gasteiger partial charge in [0, 0.05) is 44.1 Å².